The van der Waals surface area contributed by atoms with E-state index in [4.69, 9.17) is 14.2 Å². The van der Waals surface area contributed by atoms with Crippen LogP contribution in [-0.4, -0.2) is 53.7 Å². The zero-order chi connectivity index (χ0) is 25.7. The number of fused-ring (bicyclic) bond motifs is 1. The summed E-state index contributed by atoms with van der Waals surface area (Å²) in [5.74, 6) is 1.43. The third-order valence-corrected chi connectivity index (χ3v) is 8.24. The van der Waals surface area contributed by atoms with E-state index in [0.29, 0.717) is 39.6 Å². The second-order valence-electron chi connectivity index (χ2n) is 8.22. The van der Waals surface area contributed by atoms with Gasteiger partial charge in [-0.2, -0.15) is 0 Å². The number of anilines is 1. The summed E-state index contributed by atoms with van der Waals surface area (Å²) < 4.78 is 17.7. The molecule has 192 valence electrons. The SMILES string of the molecule is CCn1c(SCC(=O)Nc2sc3c(c2C(=O)OC)CCCCC3)nnc1-c1ccc(OC)c(OC)c1. The van der Waals surface area contributed by atoms with Crippen molar-refractivity contribution in [1.82, 2.24) is 14.8 Å². The van der Waals surface area contributed by atoms with Crippen molar-refractivity contribution in [3.63, 3.8) is 0 Å². The minimum absolute atomic E-state index is 0.132. The van der Waals surface area contributed by atoms with E-state index in [-0.39, 0.29) is 11.7 Å². The molecule has 1 aliphatic carbocycles. The lowest BCUT2D eigenvalue weighted by atomic mass is 10.1. The number of esters is 1. The summed E-state index contributed by atoms with van der Waals surface area (Å²) in [5, 5.41) is 12.8. The molecule has 0 aliphatic heterocycles. The molecule has 36 heavy (non-hydrogen) atoms. The number of carbonyl (C=O) groups is 2. The number of aryl methyl sites for hydroxylation is 1. The molecule has 4 rings (SSSR count). The second kappa shape index (κ2) is 11.8. The molecular formula is C25H30N4O5S2. The molecule has 2 aromatic heterocycles. The van der Waals surface area contributed by atoms with Gasteiger partial charge in [0, 0.05) is 17.0 Å². The molecule has 1 aliphatic rings. The number of carbonyl (C=O) groups excluding carboxylic acids is 2. The number of amides is 1. The summed E-state index contributed by atoms with van der Waals surface area (Å²) in [6, 6.07) is 5.57. The smallest absolute Gasteiger partial charge is 0.341 e. The summed E-state index contributed by atoms with van der Waals surface area (Å²) in [4.78, 5) is 26.6. The molecule has 0 spiro atoms. The van der Waals surface area contributed by atoms with Gasteiger partial charge < -0.3 is 24.1 Å². The first-order valence-corrected chi connectivity index (χ1v) is 13.6. The van der Waals surface area contributed by atoms with Gasteiger partial charge in [0.2, 0.25) is 5.91 Å². The number of hydrogen-bond donors (Lipinski definition) is 1. The number of methoxy groups -OCH3 is 3. The predicted molar refractivity (Wildman–Crippen MR) is 141 cm³/mol. The van der Waals surface area contributed by atoms with Crippen molar-refractivity contribution in [2.45, 2.75) is 50.7 Å². The summed E-state index contributed by atoms with van der Waals surface area (Å²) in [7, 11) is 4.55. The minimum atomic E-state index is -0.400. The molecule has 0 radical (unpaired) electrons. The topological polar surface area (TPSA) is 105 Å². The van der Waals surface area contributed by atoms with Gasteiger partial charge in [0.05, 0.1) is 32.6 Å². The maximum Gasteiger partial charge on any atom is 0.341 e. The maximum absolute atomic E-state index is 12.9. The number of aromatic nitrogens is 3. The average Bonchev–Trinajstić information content (AvgIpc) is 3.38. The van der Waals surface area contributed by atoms with Crippen LogP contribution in [-0.2, 0) is 28.9 Å². The molecule has 1 aromatic carbocycles. The lowest BCUT2D eigenvalue weighted by Gasteiger charge is -2.11. The summed E-state index contributed by atoms with van der Waals surface area (Å²) in [5.41, 5.74) is 2.36. The van der Waals surface area contributed by atoms with E-state index in [1.54, 1.807) is 14.2 Å². The fourth-order valence-corrected chi connectivity index (χ4v) is 6.41. The van der Waals surface area contributed by atoms with Crippen molar-refractivity contribution in [3.05, 3.63) is 34.2 Å². The standard InChI is InChI=1S/C25H30N4O5S2/c1-5-29-22(15-11-12-17(32-2)18(13-15)33-3)27-28-25(29)35-14-20(30)26-23-21(24(31)34-4)16-9-7-6-8-10-19(16)36-23/h11-13H,5-10,14H2,1-4H3,(H,26,30). The quantitative estimate of drug-likeness (QED) is 0.238. The van der Waals surface area contributed by atoms with Crippen molar-refractivity contribution in [2.24, 2.45) is 0 Å². The zero-order valence-electron chi connectivity index (χ0n) is 20.9. The van der Waals surface area contributed by atoms with E-state index in [0.717, 1.165) is 43.2 Å². The Bertz CT molecular complexity index is 1250. The first-order valence-electron chi connectivity index (χ1n) is 11.8. The molecule has 0 unspecified atom stereocenters. The van der Waals surface area contributed by atoms with Crippen LogP contribution < -0.4 is 14.8 Å². The summed E-state index contributed by atoms with van der Waals surface area (Å²) in [6.45, 7) is 2.63. The molecule has 11 heteroatoms. The Morgan fingerprint density at radius 2 is 1.86 bits per heavy atom. The van der Waals surface area contributed by atoms with Crippen LogP contribution in [0.4, 0.5) is 5.00 Å². The number of benzene rings is 1. The predicted octanol–water partition coefficient (Wildman–Crippen LogP) is 4.83. The molecule has 1 N–H and O–H groups in total. The van der Waals surface area contributed by atoms with Crippen molar-refractivity contribution in [2.75, 3.05) is 32.4 Å². The molecule has 3 aromatic rings. The lowest BCUT2D eigenvalue weighted by Crippen LogP contribution is -2.16. The Hall–Kier alpha value is -3.05. The molecule has 9 nitrogen and oxygen atoms in total. The van der Waals surface area contributed by atoms with E-state index in [1.165, 1.54) is 35.1 Å². The number of hydrogen-bond acceptors (Lipinski definition) is 9. The Balaban J connectivity index is 1.50. The van der Waals surface area contributed by atoms with Gasteiger partial charge in [0.1, 0.15) is 5.00 Å². The van der Waals surface area contributed by atoms with Crippen LogP contribution in [0.3, 0.4) is 0 Å². The van der Waals surface area contributed by atoms with Gasteiger partial charge >= 0.3 is 5.97 Å². The number of nitrogens with zero attached hydrogens (tertiary/aromatic N) is 3. The summed E-state index contributed by atoms with van der Waals surface area (Å²) >= 11 is 2.79. The van der Waals surface area contributed by atoms with E-state index < -0.39 is 5.97 Å². The monoisotopic (exact) mass is 530 g/mol. The Morgan fingerprint density at radius 3 is 2.58 bits per heavy atom. The molecule has 0 saturated heterocycles. The molecule has 2 heterocycles. The van der Waals surface area contributed by atoms with Crippen LogP contribution >= 0.6 is 23.1 Å². The van der Waals surface area contributed by atoms with Crippen LogP contribution in [0, 0.1) is 0 Å². The normalized spacial score (nSPS) is 13.0. The number of rotatable bonds is 9. The van der Waals surface area contributed by atoms with Crippen molar-refractivity contribution in [1.29, 1.82) is 0 Å². The fourth-order valence-electron chi connectivity index (χ4n) is 4.31. The molecule has 1 amide bonds. The molecule has 0 bridgehead atoms. The molecule has 0 atom stereocenters. The number of nitrogens with one attached hydrogen (secondary N) is 1. The number of thioether (sulfide) groups is 1. The average molecular weight is 531 g/mol. The van der Waals surface area contributed by atoms with Gasteiger partial charge in [-0.15, -0.1) is 21.5 Å². The first-order chi connectivity index (χ1) is 17.5. The highest BCUT2D eigenvalue weighted by Gasteiger charge is 2.26. The van der Waals surface area contributed by atoms with Gasteiger partial charge in [-0.05, 0) is 56.4 Å². The van der Waals surface area contributed by atoms with Gasteiger partial charge in [-0.3, -0.25) is 4.79 Å². The van der Waals surface area contributed by atoms with Gasteiger partial charge in [0.25, 0.3) is 0 Å². The highest BCUT2D eigenvalue weighted by atomic mass is 32.2. The largest absolute Gasteiger partial charge is 0.493 e. The third kappa shape index (κ3) is 5.36. The Kier molecular flexibility index (Phi) is 8.52. The Morgan fingerprint density at radius 1 is 1.08 bits per heavy atom. The van der Waals surface area contributed by atoms with E-state index in [2.05, 4.69) is 15.5 Å². The van der Waals surface area contributed by atoms with Crippen LogP contribution in [0.2, 0.25) is 0 Å². The molecule has 0 saturated carbocycles. The highest BCUT2D eigenvalue weighted by molar-refractivity contribution is 7.99. The summed E-state index contributed by atoms with van der Waals surface area (Å²) in [6.07, 6.45) is 5.02. The van der Waals surface area contributed by atoms with E-state index in [1.807, 2.05) is 29.7 Å². The van der Waals surface area contributed by atoms with Crippen molar-refractivity contribution < 1.29 is 23.8 Å². The van der Waals surface area contributed by atoms with Crippen molar-refractivity contribution >= 4 is 40.0 Å². The second-order valence-corrected chi connectivity index (χ2v) is 10.3. The van der Waals surface area contributed by atoms with Crippen LogP contribution in [0.15, 0.2) is 23.4 Å². The minimum Gasteiger partial charge on any atom is -0.493 e. The van der Waals surface area contributed by atoms with Gasteiger partial charge in [0.15, 0.2) is 22.5 Å². The first kappa shape index (κ1) is 26.0. The number of ether oxygens (including phenoxy) is 3. The van der Waals surface area contributed by atoms with E-state index in [9.17, 15) is 9.59 Å². The van der Waals surface area contributed by atoms with Crippen LogP contribution in [0.25, 0.3) is 11.4 Å². The third-order valence-electron chi connectivity index (χ3n) is 6.07. The molecular weight excluding hydrogens is 500 g/mol. The zero-order valence-corrected chi connectivity index (χ0v) is 22.5. The van der Waals surface area contributed by atoms with Crippen molar-refractivity contribution in [3.8, 4) is 22.9 Å². The van der Waals surface area contributed by atoms with Gasteiger partial charge in [-0.1, -0.05) is 18.2 Å². The van der Waals surface area contributed by atoms with Gasteiger partial charge in [-0.25, -0.2) is 4.79 Å². The number of thiophene rings is 1. The van der Waals surface area contributed by atoms with Crippen LogP contribution in [0.1, 0.15) is 47.0 Å². The maximum atomic E-state index is 12.9. The fraction of sp³-hybridized carbons (Fsp3) is 0.440. The molecule has 0 fully saturated rings. The Labute approximate surface area is 218 Å². The lowest BCUT2D eigenvalue weighted by molar-refractivity contribution is -0.113. The highest BCUT2D eigenvalue weighted by Crippen LogP contribution is 2.38. The van der Waals surface area contributed by atoms with E-state index >= 15 is 0 Å². The van der Waals surface area contributed by atoms with Crippen LogP contribution in [0.5, 0.6) is 11.5 Å².